The third-order valence-electron chi connectivity index (χ3n) is 6.09. The van der Waals surface area contributed by atoms with Gasteiger partial charge in [0.15, 0.2) is 5.82 Å². The van der Waals surface area contributed by atoms with Crippen LogP contribution in [0.25, 0.3) is 22.4 Å². The second-order valence-corrected chi connectivity index (χ2v) is 8.70. The fourth-order valence-electron chi connectivity index (χ4n) is 4.01. The molecule has 204 valence electrons. The number of hydrogen-bond donors (Lipinski definition) is 2. The standard InChI is InChI=1S/C29H23F3N4O4/c1-38-22-9-3-19(25(14-22)39-2)16-33-26-15-23(28(37)34-21-7-5-20(6-8-21)29(30,31)32)35-27(36-26)18-4-10-24-17(13-18)11-12-40-24/h3-15H,16H2,1-2H3,(H,34,37)(H,33,35,36). The summed E-state index contributed by atoms with van der Waals surface area (Å²) in [4.78, 5) is 22.2. The molecular formula is C29H23F3N4O4. The van der Waals surface area contributed by atoms with Crippen molar-refractivity contribution in [2.45, 2.75) is 12.7 Å². The minimum Gasteiger partial charge on any atom is -0.497 e. The van der Waals surface area contributed by atoms with Crippen LogP contribution in [0.1, 0.15) is 21.6 Å². The summed E-state index contributed by atoms with van der Waals surface area (Å²) in [6.45, 7) is 0.310. The summed E-state index contributed by atoms with van der Waals surface area (Å²) >= 11 is 0. The second-order valence-electron chi connectivity index (χ2n) is 8.70. The molecule has 0 fully saturated rings. The number of methoxy groups -OCH3 is 2. The number of nitrogens with zero attached hydrogens (tertiary/aromatic N) is 2. The van der Waals surface area contributed by atoms with Crippen LogP contribution in [-0.4, -0.2) is 30.1 Å². The molecule has 0 saturated carbocycles. The number of ether oxygens (including phenoxy) is 2. The normalized spacial score (nSPS) is 11.3. The predicted octanol–water partition coefficient (Wildman–Crippen LogP) is 6.79. The van der Waals surface area contributed by atoms with E-state index in [0.29, 0.717) is 35.0 Å². The van der Waals surface area contributed by atoms with Crippen molar-refractivity contribution in [3.63, 3.8) is 0 Å². The number of benzene rings is 3. The molecule has 1 amide bonds. The average molecular weight is 549 g/mol. The van der Waals surface area contributed by atoms with Gasteiger partial charge in [0.25, 0.3) is 5.91 Å². The zero-order valence-corrected chi connectivity index (χ0v) is 21.4. The second kappa shape index (κ2) is 11.0. The van der Waals surface area contributed by atoms with Crippen molar-refractivity contribution in [2.24, 2.45) is 0 Å². The zero-order chi connectivity index (χ0) is 28.3. The Morgan fingerprint density at radius 3 is 2.45 bits per heavy atom. The molecule has 8 nitrogen and oxygen atoms in total. The van der Waals surface area contributed by atoms with Gasteiger partial charge in [0.1, 0.15) is 28.6 Å². The first-order chi connectivity index (χ1) is 19.2. The number of carbonyl (C=O) groups is 1. The number of alkyl halides is 3. The van der Waals surface area contributed by atoms with E-state index in [9.17, 15) is 18.0 Å². The highest BCUT2D eigenvalue weighted by Gasteiger charge is 2.30. The fourth-order valence-corrected chi connectivity index (χ4v) is 4.01. The van der Waals surface area contributed by atoms with Crippen LogP contribution in [0, 0.1) is 0 Å². The maximum atomic E-state index is 13.1. The third kappa shape index (κ3) is 5.83. The van der Waals surface area contributed by atoms with Gasteiger partial charge in [-0.15, -0.1) is 0 Å². The minimum atomic E-state index is -4.48. The summed E-state index contributed by atoms with van der Waals surface area (Å²) < 4.78 is 54.9. The van der Waals surface area contributed by atoms with Gasteiger partial charge >= 0.3 is 6.18 Å². The minimum absolute atomic E-state index is 0.0152. The molecule has 5 rings (SSSR count). The third-order valence-corrected chi connectivity index (χ3v) is 6.09. The molecule has 0 aliphatic heterocycles. The number of anilines is 2. The van der Waals surface area contributed by atoms with Gasteiger partial charge in [-0.3, -0.25) is 4.79 Å². The lowest BCUT2D eigenvalue weighted by Crippen LogP contribution is -2.16. The van der Waals surface area contributed by atoms with Gasteiger partial charge in [0.05, 0.1) is 26.0 Å². The summed E-state index contributed by atoms with van der Waals surface area (Å²) in [5.74, 6) is 1.26. The summed E-state index contributed by atoms with van der Waals surface area (Å²) in [5.41, 5.74) is 1.54. The SMILES string of the molecule is COc1ccc(CNc2cc(C(=O)Nc3ccc(C(F)(F)F)cc3)nc(-c3ccc4occc4c3)n2)c(OC)c1. The van der Waals surface area contributed by atoms with E-state index in [2.05, 4.69) is 20.6 Å². The molecule has 2 N–H and O–H groups in total. The number of fused-ring (bicyclic) bond motifs is 1. The maximum absolute atomic E-state index is 13.1. The number of rotatable bonds is 8. The fraction of sp³-hybridized carbons (Fsp3) is 0.138. The van der Waals surface area contributed by atoms with Crippen molar-refractivity contribution < 1.29 is 31.9 Å². The molecule has 2 aromatic heterocycles. The molecule has 3 aromatic carbocycles. The molecule has 2 heterocycles. The molecule has 0 aliphatic rings. The Hall–Kier alpha value is -5.06. The lowest BCUT2D eigenvalue weighted by molar-refractivity contribution is -0.137. The topological polar surface area (TPSA) is 98.5 Å². The Kier molecular flexibility index (Phi) is 7.28. The van der Waals surface area contributed by atoms with Gasteiger partial charge in [-0.2, -0.15) is 13.2 Å². The highest BCUT2D eigenvalue weighted by Crippen LogP contribution is 2.30. The number of halogens is 3. The van der Waals surface area contributed by atoms with Crippen molar-refractivity contribution in [1.29, 1.82) is 0 Å². The Labute approximate surface area is 226 Å². The Morgan fingerprint density at radius 1 is 0.925 bits per heavy atom. The van der Waals surface area contributed by atoms with Gasteiger partial charge in [0, 0.05) is 40.9 Å². The quantitative estimate of drug-likeness (QED) is 0.220. The van der Waals surface area contributed by atoms with E-state index < -0.39 is 17.6 Å². The van der Waals surface area contributed by atoms with Crippen molar-refractivity contribution in [3.8, 4) is 22.9 Å². The van der Waals surface area contributed by atoms with E-state index >= 15 is 0 Å². The van der Waals surface area contributed by atoms with Crippen molar-refractivity contribution in [2.75, 3.05) is 24.9 Å². The number of hydrogen-bond acceptors (Lipinski definition) is 7. The van der Waals surface area contributed by atoms with Crippen LogP contribution < -0.4 is 20.1 Å². The Balaban J connectivity index is 1.46. The van der Waals surface area contributed by atoms with Crippen LogP contribution in [0.5, 0.6) is 11.5 Å². The maximum Gasteiger partial charge on any atom is 0.416 e. The molecule has 0 bridgehead atoms. The van der Waals surface area contributed by atoms with Crippen molar-refractivity contribution >= 4 is 28.4 Å². The zero-order valence-electron chi connectivity index (χ0n) is 21.4. The lowest BCUT2D eigenvalue weighted by Gasteiger charge is -2.13. The Bertz CT molecular complexity index is 1670. The predicted molar refractivity (Wildman–Crippen MR) is 144 cm³/mol. The number of furan rings is 1. The molecule has 0 spiro atoms. The summed E-state index contributed by atoms with van der Waals surface area (Å²) in [7, 11) is 3.12. The van der Waals surface area contributed by atoms with Crippen LogP contribution in [0.4, 0.5) is 24.7 Å². The monoisotopic (exact) mass is 548 g/mol. The summed E-state index contributed by atoms with van der Waals surface area (Å²) in [6, 6.07) is 18.2. The molecule has 0 atom stereocenters. The first-order valence-electron chi connectivity index (χ1n) is 12.0. The molecule has 0 saturated heterocycles. The van der Waals surface area contributed by atoms with Gasteiger partial charge < -0.3 is 24.5 Å². The van der Waals surface area contributed by atoms with E-state index in [1.807, 2.05) is 12.1 Å². The molecular weight excluding hydrogens is 525 g/mol. The smallest absolute Gasteiger partial charge is 0.416 e. The van der Waals surface area contributed by atoms with Gasteiger partial charge in [0.2, 0.25) is 0 Å². The van der Waals surface area contributed by atoms with Crippen LogP contribution in [0.3, 0.4) is 0 Å². The van der Waals surface area contributed by atoms with Crippen molar-refractivity contribution in [3.05, 3.63) is 95.9 Å². The molecule has 0 unspecified atom stereocenters. The molecule has 11 heteroatoms. The van der Waals surface area contributed by atoms with Crippen LogP contribution >= 0.6 is 0 Å². The van der Waals surface area contributed by atoms with E-state index in [-0.39, 0.29) is 17.2 Å². The van der Waals surface area contributed by atoms with E-state index in [1.54, 1.807) is 50.8 Å². The van der Waals surface area contributed by atoms with Crippen LogP contribution in [0.15, 0.2) is 83.5 Å². The highest BCUT2D eigenvalue weighted by molar-refractivity contribution is 6.03. The summed E-state index contributed by atoms with van der Waals surface area (Å²) in [6.07, 6.45) is -2.91. The summed E-state index contributed by atoms with van der Waals surface area (Å²) in [5, 5.41) is 6.63. The number of carbonyl (C=O) groups excluding carboxylic acids is 1. The molecule has 0 aliphatic carbocycles. The van der Waals surface area contributed by atoms with E-state index in [4.69, 9.17) is 13.9 Å². The van der Waals surface area contributed by atoms with E-state index in [1.165, 1.54) is 18.2 Å². The largest absolute Gasteiger partial charge is 0.497 e. The molecule has 40 heavy (non-hydrogen) atoms. The van der Waals surface area contributed by atoms with Gasteiger partial charge in [-0.05, 0) is 60.7 Å². The van der Waals surface area contributed by atoms with Crippen LogP contribution in [-0.2, 0) is 12.7 Å². The van der Waals surface area contributed by atoms with Gasteiger partial charge in [-0.25, -0.2) is 9.97 Å². The van der Waals surface area contributed by atoms with E-state index in [0.717, 1.165) is 23.1 Å². The lowest BCUT2D eigenvalue weighted by atomic mass is 10.1. The van der Waals surface area contributed by atoms with Crippen LogP contribution in [0.2, 0.25) is 0 Å². The first-order valence-corrected chi connectivity index (χ1v) is 12.0. The average Bonchev–Trinajstić information content (AvgIpc) is 3.44. The number of nitrogens with one attached hydrogen (secondary N) is 2. The Morgan fingerprint density at radius 2 is 1.73 bits per heavy atom. The highest BCUT2D eigenvalue weighted by atomic mass is 19.4. The van der Waals surface area contributed by atoms with Crippen molar-refractivity contribution in [1.82, 2.24) is 9.97 Å². The molecule has 5 aromatic rings. The number of amides is 1. The number of aromatic nitrogens is 2. The molecule has 0 radical (unpaired) electrons. The first kappa shape index (κ1) is 26.5. The van der Waals surface area contributed by atoms with Gasteiger partial charge in [-0.1, -0.05) is 0 Å².